The second-order valence-corrected chi connectivity index (χ2v) is 5.35. The third kappa shape index (κ3) is 5.00. The summed E-state index contributed by atoms with van der Waals surface area (Å²) in [6.45, 7) is 0.501. The first kappa shape index (κ1) is 16.8. The van der Waals surface area contributed by atoms with Crippen molar-refractivity contribution in [1.29, 1.82) is 0 Å². The minimum atomic E-state index is -0.156. The summed E-state index contributed by atoms with van der Waals surface area (Å²) in [5.74, 6) is 1.30. The van der Waals surface area contributed by atoms with Crippen molar-refractivity contribution >= 4 is 12.0 Å². The molecule has 0 bridgehead atoms. The number of likely N-dealkylation sites (N-methyl/N-ethyl adjacent to an activating group) is 1. The smallest absolute Gasteiger partial charge is 0.244 e. The molecule has 122 valence electrons. The largest absolute Gasteiger partial charge is 0.497 e. The van der Waals surface area contributed by atoms with E-state index in [1.54, 1.807) is 31.6 Å². The standard InChI is InChI=1S/C18H22N2O3/c1-20(2)17(14-6-4-7-16(12-14)22-3)13-19-18(21)10-9-15-8-5-11-23-15/h4-12,17H,13H2,1-3H3,(H,19,21). The van der Waals surface area contributed by atoms with Crippen LogP contribution in [0.1, 0.15) is 17.4 Å². The number of carbonyl (C=O) groups is 1. The molecule has 5 heteroatoms. The molecule has 1 aromatic carbocycles. The number of amides is 1. The van der Waals surface area contributed by atoms with E-state index < -0.39 is 0 Å². The molecule has 0 saturated heterocycles. The van der Waals surface area contributed by atoms with E-state index in [4.69, 9.17) is 9.15 Å². The molecule has 2 rings (SSSR count). The molecule has 1 aromatic heterocycles. The van der Waals surface area contributed by atoms with Crippen molar-refractivity contribution in [1.82, 2.24) is 10.2 Å². The Bertz CT molecular complexity index is 648. The fourth-order valence-electron chi connectivity index (χ4n) is 2.25. The van der Waals surface area contributed by atoms with E-state index in [1.165, 1.54) is 6.08 Å². The lowest BCUT2D eigenvalue weighted by Gasteiger charge is -2.25. The third-order valence-corrected chi connectivity index (χ3v) is 3.51. The molecule has 0 fully saturated rings. The van der Waals surface area contributed by atoms with Crippen LogP contribution in [0.4, 0.5) is 0 Å². The number of hydrogen-bond acceptors (Lipinski definition) is 4. The molecule has 5 nitrogen and oxygen atoms in total. The van der Waals surface area contributed by atoms with E-state index in [9.17, 15) is 4.79 Å². The second-order valence-electron chi connectivity index (χ2n) is 5.35. The monoisotopic (exact) mass is 314 g/mol. The molecule has 0 aliphatic carbocycles. The van der Waals surface area contributed by atoms with Gasteiger partial charge in [-0.25, -0.2) is 0 Å². The Labute approximate surface area is 136 Å². The van der Waals surface area contributed by atoms with Crippen LogP contribution < -0.4 is 10.1 Å². The van der Waals surface area contributed by atoms with E-state index >= 15 is 0 Å². The fourth-order valence-corrected chi connectivity index (χ4v) is 2.25. The number of methoxy groups -OCH3 is 1. The predicted octanol–water partition coefficient (Wildman–Crippen LogP) is 2.72. The Kier molecular flexibility index (Phi) is 6.00. The van der Waals surface area contributed by atoms with Crippen LogP contribution >= 0.6 is 0 Å². The van der Waals surface area contributed by atoms with Crippen molar-refractivity contribution in [2.45, 2.75) is 6.04 Å². The summed E-state index contributed by atoms with van der Waals surface area (Å²) in [7, 11) is 5.61. The maximum atomic E-state index is 11.9. The molecular weight excluding hydrogens is 292 g/mol. The van der Waals surface area contributed by atoms with Crippen LogP contribution in [0, 0.1) is 0 Å². The molecule has 0 spiro atoms. The van der Waals surface area contributed by atoms with Gasteiger partial charge in [-0.3, -0.25) is 4.79 Å². The molecule has 0 saturated carbocycles. The number of hydrogen-bond donors (Lipinski definition) is 1. The third-order valence-electron chi connectivity index (χ3n) is 3.51. The first-order chi connectivity index (χ1) is 11.1. The summed E-state index contributed by atoms with van der Waals surface area (Å²) in [4.78, 5) is 14.0. The van der Waals surface area contributed by atoms with Gasteiger partial charge in [0.25, 0.3) is 0 Å². The number of nitrogens with one attached hydrogen (secondary N) is 1. The van der Waals surface area contributed by atoms with Gasteiger partial charge in [-0.2, -0.15) is 0 Å². The zero-order valence-corrected chi connectivity index (χ0v) is 13.7. The molecule has 1 heterocycles. The Hall–Kier alpha value is -2.53. The molecule has 2 aromatic rings. The zero-order valence-electron chi connectivity index (χ0n) is 13.7. The summed E-state index contributed by atoms with van der Waals surface area (Å²) in [6, 6.07) is 11.5. The van der Waals surface area contributed by atoms with Gasteiger partial charge in [0.15, 0.2) is 0 Å². The van der Waals surface area contributed by atoms with Gasteiger partial charge in [0.1, 0.15) is 11.5 Å². The van der Waals surface area contributed by atoms with Gasteiger partial charge < -0.3 is 19.4 Å². The van der Waals surface area contributed by atoms with Crippen LogP contribution in [0.25, 0.3) is 6.08 Å². The van der Waals surface area contributed by atoms with Gasteiger partial charge in [0.2, 0.25) is 5.91 Å². The lowest BCUT2D eigenvalue weighted by molar-refractivity contribution is -0.116. The summed E-state index contributed by atoms with van der Waals surface area (Å²) >= 11 is 0. The number of rotatable bonds is 7. The highest BCUT2D eigenvalue weighted by atomic mass is 16.5. The minimum Gasteiger partial charge on any atom is -0.497 e. The Morgan fingerprint density at radius 2 is 2.17 bits per heavy atom. The average Bonchev–Trinajstić information content (AvgIpc) is 3.06. The highest BCUT2D eigenvalue weighted by Gasteiger charge is 2.15. The number of carbonyl (C=O) groups excluding carboxylic acids is 1. The molecule has 0 aliphatic rings. The number of furan rings is 1. The van der Waals surface area contributed by atoms with Gasteiger partial charge >= 0.3 is 0 Å². The highest BCUT2D eigenvalue weighted by molar-refractivity contribution is 5.91. The zero-order chi connectivity index (χ0) is 16.7. The Balaban J connectivity index is 1.98. The van der Waals surface area contributed by atoms with Gasteiger partial charge in [-0.15, -0.1) is 0 Å². The topological polar surface area (TPSA) is 54.7 Å². The van der Waals surface area contributed by atoms with Crippen LogP contribution in [0.2, 0.25) is 0 Å². The van der Waals surface area contributed by atoms with Crippen molar-refractivity contribution < 1.29 is 13.9 Å². The summed E-state index contributed by atoms with van der Waals surface area (Å²) in [5.41, 5.74) is 1.09. The van der Waals surface area contributed by atoms with Gasteiger partial charge in [-0.05, 0) is 50.0 Å². The van der Waals surface area contributed by atoms with Crippen molar-refractivity contribution in [2.75, 3.05) is 27.7 Å². The summed E-state index contributed by atoms with van der Waals surface area (Å²) in [5, 5.41) is 2.91. The van der Waals surface area contributed by atoms with Crippen molar-refractivity contribution in [2.24, 2.45) is 0 Å². The molecule has 23 heavy (non-hydrogen) atoms. The normalized spacial score (nSPS) is 12.5. The SMILES string of the molecule is COc1cccc(C(CNC(=O)C=Cc2ccco2)N(C)C)c1. The van der Waals surface area contributed by atoms with E-state index in [-0.39, 0.29) is 11.9 Å². The van der Waals surface area contributed by atoms with Crippen molar-refractivity contribution in [3.05, 3.63) is 60.1 Å². The number of nitrogens with zero attached hydrogens (tertiary/aromatic N) is 1. The maximum Gasteiger partial charge on any atom is 0.244 e. The molecule has 1 atom stereocenters. The number of ether oxygens (including phenoxy) is 1. The van der Waals surface area contributed by atoms with Crippen LogP contribution in [0.15, 0.2) is 53.2 Å². The van der Waals surface area contributed by atoms with E-state index in [1.807, 2.05) is 38.4 Å². The first-order valence-electron chi connectivity index (χ1n) is 7.40. The summed E-state index contributed by atoms with van der Waals surface area (Å²) in [6.07, 6.45) is 4.69. The van der Waals surface area contributed by atoms with Crippen molar-refractivity contribution in [3.63, 3.8) is 0 Å². The van der Waals surface area contributed by atoms with Gasteiger partial charge in [0, 0.05) is 12.6 Å². The van der Waals surface area contributed by atoms with Crippen LogP contribution in [-0.2, 0) is 4.79 Å². The van der Waals surface area contributed by atoms with Crippen LogP contribution in [-0.4, -0.2) is 38.6 Å². The minimum absolute atomic E-state index is 0.0612. The van der Waals surface area contributed by atoms with Crippen molar-refractivity contribution in [3.8, 4) is 5.75 Å². The Morgan fingerprint density at radius 3 is 2.83 bits per heavy atom. The first-order valence-corrected chi connectivity index (χ1v) is 7.40. The molecule has 1 amide bonds. The van der Waals surface area contributed by atoms with E-state index in [2.05, 4.69) is 10.2 Å². The van der Waals surface area contributed by atoms with Crippen LogP contribution in [0.5, 0.6) is 5.75 Å². The summed E-state index contributed by atoms with van der Waals surface area (Å²) < 4.78 is 10.4. The second kappa shape index (κ2) is 8.19. The van der Waals surface area contributed by atoms with E-state index in [0.29, 0.717) is 12.3 Å². The Morgan fingerprint density at radius 1 is 1.35 bits per heavy atom. The maximum absolute atomic E-state index is 11.9. The lowest BCUT2D eigenvalue weighted by atomic mass is 10.1. The van der Waals surface area contributed by atoms with Gasteiger partial charge in [0.05, 0.1) is 19.4 Å². The highest BCUT2D eigenvalue weighted by Crippen LogP contribution is 2.22. The average molecular weight is 314 g/mol. The fraction of sp³-hybridized carbons (Fsp3) is 0.278. The van der Waals surface area contributed by atoms with Crippen LogP contribution in [0.3, 0.4) is 0 Å². The molecular formula is C18H22N2O3. The number of benzene rings is 1. The van der Waals surface area contributed by atoms with E-state index in [0.717, 1.165) is 11.3 Å². The quantitative estimate of drug-likeness (QED) is 0.798. The van der Waals surface area contributed by atoms with Gasteiger partial charge in [-0.1, -0.05) is 12.1 Å². The predicted molar refractivity (Wildman–Crippen MR) is 90.2 cm³/mol. The lowest BCUT2D eigenvalue weighted by Crippen LogP contribution is -2.33. The molecule has 0 aliphatic heterocycles. The molecule has 1 N–H and O–H groups in total. The molecule has 1 unspecified atom stereocenters. The molecule has 0 radical (unpaired) electrons.